The van der Waals surface area contributed by atoms with Crippen molar-refractivity contribution in [2.45, 2.75) is 38.8 Å². The van der Waals surface area contributed by atoms with Crippen LogP contribution in [0.5, 0.6) is 0 Å². The highest BCUT2D eigenvalue weighted by Crippen LogP contribution is 2.34. The Morgan fingerprint density at radius 1 is 1.27 bits per heavy atom. The van der Waals surface area contributed by atoms with Gasteiger partial charge in [-0.2, -0.15) is 0 Å². The molecule has 1 amide bonds. The highest BCUT2D eigenvalue weighted by molar-refractivity contribution is 6.03. The number of nitrogens with zero attached hydrogens (tertiary/aromatic N) is 1. The van der Waals surface area contributed by atoms with Gasteiger partial charge < -0.3 is 15.8 Å². The number of carbonyl (C=O) groups is 1. The topological polar surface area (TPSA) is 86.3 Å². The van der Waals surface area contributed by atoms with Gasteiger partial charge in [-0.05, 0) is 48.1 Å². The Kier molecular flexibility index (Phi) is 5.55. The van der Waals surface area contributed by atoms with E-state index in [1.807, 2.05) is 0 Å². The molecular formula is C23H24FN3O3. The number of nitrogens with one attached hydrogen (secondary N) is 1. The summed E-state index contributed by atoms with van der Waals surface area (Å²) in [4.78, 5) is 25.1. The van der Waals surface area contributed by atoms with Crippen LogP contribution in [0.1, 0.15) is 26.2 Å². The predicted octanol–water partition coefficient (Wildman–Crippen LogP) is 3.92. The van der Waals surface area contributed by atoms with Gasteiger partial charge in [0.15, 0.2) is 0 Å². The van der Waals surface area contributed by atoms with E-state index >= 15 is 0 Å². The van der Waals surface area contributed by atoms with E-state index in [0.717, 1.165) is 12.8 Å². The molecule has 0 aliphatic carbocycles. The average molecular weight is 409 g/mol. The first-order valence-corrected chi connectivity index (χ1v) is 10.1. The van der Waals surface area contributed by atoms with Gasteiger partial charge in [0.25, 0.3) is 5.56 Å². The van der Waals surface area contributed by atoms with Crippen LogP contribution in [-0.4, -0.2) is 23.2 Å². The van der Waals surface area contributed by atoms with Crippen LogP contribution in [0.3, 0.4) is 0 Å². The van der Waals surface area contributed by atoms with E-state index in [2.05, 4.69) is 5.32 Å². The zero-order valence-corrected chi connectivity index (χ0v) is 16.8. The fourth-order valence-corrected chi connectivity index (χ4v) is 3.91. The van der Waals surface area contributed by atoms with E-state index in [1.165, 1.54) is 16.7 Å². The molecule has 3 aromatic rings. The number of pyridine rings is 1. The third-order valence-corrected chi connectivity index (χ3v) is 5.44. The largest absolute Gasteiger partial charge is 0.384 e. The second kappa shape index (κ2) is 8.28. The molecule has 2 aromatic carbocycles. The van der Waals surface area contributed by atoms with Crippen molar-refractivity contribution in [2.24, 2.45) is 0 Å². The molecule has 0 saturated carbocycles. The minimum absolute atomic E-state index is 0.0919. The molecule has 1 atom stereocenters. The minimum atomic E-state index is -0.385. The Morgan fingerprint density at radius 2 is 2.10 bits per heavy atom. The SMILES string of the molecule is CCC(=O)Nc1ccc2c(-c3cccc(F)c3)c(N)n(CC3CCCO3)c(=O)c2c1. The van der Waals surface area contributed by atoms with Crippen molar-refractivity contribution in [3.63, 3.8) is 0 Å². The number of halogens is 1. The number of nitrogens with two attached hydrogens (primary N) is 1. The number of ether oxygens (including phenoxy) is 1. The highest BCUT2D eigenvalue weighted by Gasteiger charge is 2.22. The molecule has 1 fully saturated rings. The van der Waals surface area contributed by atoms with E-state index in [-0.39, 0.29) is 29.2 Å². The summed E-state index contributed by atoms with van der Waals surface area (Å²) in [5.41, 5.74) is 7.92. The fraction of sp³-hybridized carbons (Fsp3) is 0.304. The Bertz CT molecular complexity index is 1170. The van der Waals surface area contributed by atoms with Gasteiger partial charge in [0, 0.05) is 29.7 Å². The molecular weight excluding hydrogens is 385 g/mol. The van der Waals surface area contributed by atoms with Crippen molar-refractivity contribution in [3.8, 4) is 11.1 Å². The molecule has 3 N–H and O–H groups in total. The number of carbonyl (C=O) groups excluding carboxylic acids is 1. The van der Waals surface area contributed by atoms with Crippen LogP contribution in [0.25, 0.3) is 21.9 Å². The van der Waals surface area contributed by atoms with E-state index in [4.69, 9.17) is 10.5 Å². The summed E-state index contributed by atoms with van der Waals surface area (Å²) in [6.07, 6.45) is 2.03. The van der Waals surface area contributed by atoms with E-state index < -0.39 is 0 Å². The van der Waals surface area contributed by atoms with Crippen LogP contribution in [0.2, 0.25) is 0 Å². The number of hydrogen-bond donors (Lipinski definition) is 2. The molecule has 156 valence electrons. The third-order valence-electron chi connectivity index (χ3n) is 5.44. The Labute approximate surface area is 173 Å². The second-order valence-electron chi connectivity index (χ2n) is 7.48. The number of nitrogen functional groups attached to an aromatic ring is 1. The summed E-state index contributed by atoms with van der Waals surface area (Å²) < 4.78 is 21.2. The summed E-state index contributed by atoms with van der Waals surface area (Å²) in [5.74, 6) is -0.252. The molecule has 0 spiro atoms. The molecule has 1 aromatic heterocycles. The lowest BCUT2D eigenvalue weighted by Crippen LogP contribution is -2.29. The Morgan fingerprint density at radius 3 is 2.80 bits per heavy atom. The maximum absolute atomic E-state index is 14.0. The van der Waals surface area contributed by atoms with Crippen molar-refractivity contribution < 1.29 is 13.9 Å². The molecule has 30 heavy (non-hydrogen) atoms. The normalized spacial score (nSPS) is 16.1. The third kappa shape index (κ3) is 3.80. The van der Waals surface area contributed by atoms with Gasteiger partial charge in [-0.3, -0.25) is 14.2 Å². The predicted molar refractivity (Wildman–Crippen MR) is 116 cm³/mol. The minimum Gasteiger partial charge on any atom is -0.384 e. The summed E-state index contributed by atoms with van der Waals surface area (Å²) in [6, 6.07) is 11.3. The van der Waals surface area contributed by atoms with Gasteiger partial charge in [0.2, 0.25) is 5.91 Å². The fourth-order valence-electron chi connectivity index (χ4n) is 3.91. The average Bonchev–Trinajstić information content (AvgIpc) is 3.25. The van der Waals surface area contributed by atoms with Gasteiger partial charge in [0.05, 0.1) is 12.6 Å². The lowest BCUT2D eigenvalue weighted by atomic mass is 9.98. The molecule has 0 bridgehead atoms. The first-order chi connectivity index (χ1) is 14.5. The van der Waals surface area contributed by atoms with Gasteiger partial charge >= 0.3 is 0 Å². The Balaban J connectivity index is 1.95. The smallest absolute Gasteiger partial charge is 0.260 e. The summed E-state index contributed by atoms with van der Waals surface area (Å²) >= 11 is 0. The van der Waals surface area contributed by atoms with Gasteiger partial charge in [-0.15, -0.1) is 0 Å². The monoisotopic (exact) mass is 409 g/mol. The number of benzene rings is 2. The number of fused-ring (bicyclic) bond motifs is 1. The molecule has 2 heterocycles. The van der Waals surface area contributed by atoms with Gasteiger partial charge in [-0.25, -0.2) is 4.39 Å². The van der Waals surface area contributed by atoms with Gasteiger partial charge in [-0.1, -0.05) is 25.1 Å². The number of amides is 1. The van der Waals surface area contributed by atoms with Crippen LogP contribution >= 0.6 is 0 Å². The zero-order chi connectivity index (χ0) is 21.3. The van der Waals surface area contributed by atoms with Crippen LogP contribution in [0, 0.1) is 5.82 Å². The van der Waals surface area contributed by atoms with Crippen molar-refractivity contribution >= 4 is 28.2 Å². The van der Waals surface area contributed by atoms with E-state index in [1.54, 1.807) is 37.3 Å². The van der Waals surface area contributed by atoms with Crippen molar-refractivity contribution in [1.82, 2.24) is 4.57 Å². The molecule has 4 rings (SSSR count). The molecule has 1 saturated heterocycles. The lowest BCUT2D eigenvalue weighted by molar-refractivity contribution is -0.115. The first kappa shape index (κ1) is 20.1. The molecule has 6 nitrogen and oxygen atoms in total. The van der Waals surface area contributed by atoms with Crippen LogP contribution in [0.15, 0.2) is 47.3 Å². The van der Waals surface area contributed by atoms with Crippen LogP contribution < -0.4 is 16.6 Å². The zero-order valence-electron chi connectivity index (χ0n) is 16.8. The number of rotatable bonds is 5. The molecule has 7 heteroatoms. The molecule has 1 aliphatic heterocycles. The lowest BCUT2D eigenvalue weighted by Gasteiger charge is -2.20. The highest BCUT2D eigenvalue weighted by atomic mass is 19.1. The summed E-state index contributed by atoms with van der Waals surface area (Å²) in [5, 5.41) is 3.81. The number of anilines is 2. The Hall–Kier alpha value is -3.19. The summed E-state index contributed by atoms with van der Waals surface area (Å²) in [6.45, 7) is 2.75. The van der Waals surface area contributed by atoms with E-state index in [0.29, 0.717) is 47.2 Å². The van der Waals surface area contributed by atoms with Crippen molar-refractivity contribution in [1.29, 1.82) is 0 Å². The van der Waals surface area contributed by atoms with Crippen molar-refractivity contribution in [3.05, 3.63) is 58.6 Å². The maximum Gasteiger partial charge on any atom is 0.260 e. The van der Waals surface area contributed by atoms with Gasteiger partial charge in [0.1, 0.15) is 11.6 Å². The maximum atomic E-state index is 14.0. The first-order valence-electron chi connectivity index (χ1n) is 10.1. The van der Waals surface area contributed by atoms with Crippen molar-refractivity contribution in [2.75, 3.05) is 17.7 Å². The molecule has 0 radical (unpaired) electrons. The summed E-state index contributed by atoms with van der Waals surface area (Å²) in [7, 11) is 0. The quantitative estimate of drug-likeness (QED) is 0.669. The van der Waals surface area contributed by atoms with E-state index in [9.17, 15) is 14.0 Å². The second-order valence-corrected chi connectivity index (χ2v) is 7.48. The molecule has 1 unspecified atom stereocenters. The number of hydrogen-bond acceptors (Lipinski definition) is 4. The standard InChI is InChI=1S/C23H24FN3O3/c1-2-20(28)26-16-8-9-18-19(12-16)23(29)27(13-17-7-4-10-30-17)22(25)21(18)14-5-3-6-15(24)11-14/h3,5-6,8-9,11-12,17H,2,4,7,10,13,25H2,1H3,(H,26,28). The molecule has 1 aliphatic rings. The van der Waals surface area contributed by atoms with Crippen LogP contribution in [0.4, 0.5) is 15.9 Å². The number of aromatic nitrogens is 1. The van der Waals surface area contributed by atoms with Crippen LogP contribution in [-0.2, 0) is 16.1 Å².